The van der Waals surface area contributed by atoms with Crippen LogP contribution in [0.25, 0.3) is 0 Å². The van der Waals surface area contributed by atoms with Crippen molar-refractivity contribution in [2.45, 2.75) is 26.1 Å². The first-order valence-corrected chi connectivity index (χ1v) is 4.02. The van der Waals surface area contributed by atoms with Gasteiger partial charge in [0.25, 0.3) is 0 Å². The molecule has 0 saturated carbocycles. The molecule has 0 bridgehead atoms. The SMILES string of the molecule is C[C@@H]1CO[C@@H]2C1OC[C@@H]2C. The van der Waals surface area contributed by atoms with Gasteiger partial charge in [-0.2, -0.15) is 0 Å². The molecule has 4 atom stereocenters. The highest BCUT2D eigenvalue weighted by Gasteiger charge is 2.43. The molecule has 10 heavy (non-hydrogen) atoms. The Kier molecular flexibility index (Phi) is 1.46. The Hall–Kier alpha value is -0.0800. The fourth-order valence-corrected chi connectivity index (χ4v) is 1.88. The predicted molar refractivity (Wildman–Crippen MR) is 37.8 cm³/mol. The second-order valence-corrected chi connectivity index (χ2v) is 3.55. The lowest BCUT2D eigenvalue weighted by atomic mass is 9.99. The minimum absolute atomic E-state index is 0.398. The zero-order chi connectivity index (χ0) is 7.14. The van der Waals surface area contributed by atoms with Crippen molar-refractivity contribution in [2.24, 2.45) is 11.8 Å². The number of fused-ring (bicyclic) bond motifs is 1. The highest BCUT2D eigenvalue weighted by atomic mass is 16.6. The molecule has 0 aromatic heterocycles. The molecule has 2 saturated heterocycles. The largest absolute Gasteiger partial charge is 0.375 e. The van der Waals surface area contributed by atoms with Crippen LogP contribution in [0.4, 0.5) is 0 Å². The normalized spacial score (nSPS) is 53.4. The molecule has 0 spiro atoms. The first kappa shape index (κ1) is 6.62. The van der Waals surface area contributed by atoms with Gasteiger partial charge in [-0.15, -0.1) is 0 Å². The molecular weight excluding hydrogens is 128 g/mol. The predicted octanol–water partition coefficient (Wildman–Crippen LogP) is 1.06. The summed E-state index contributed by atoms with van der Waals surface area (Å²) in [6.07, 6.45) is 0.796. The Morgan fingerprint density at radius 3 is 1.70 bits per heavy atom. The zero-order valence-corrected chi connectivity index (χ0v) is 6.54. The molecule has 2 aliphatic heterocycles. The van der Waals surface area contributed by atoms with E-state index >= 15 is 0 Å². The summed E-state index contributed by atoms with van der Waals surface area (Å²) in [4.78, 5) is 0. The van der Waals surface area contributed by atoms with Gasteiger partial charge in [0.1, 0.15) is 0 Å². The van der Waals surface area contributed by atoms with Crippen molar-refractivity contribution >= 4 is 0 Å². The monoisotopic (exact) mass is 142 g/mol. The van der Waals surface area contributed by atoms with E-state index in [4.69, 9.17) is 9.47 Å². The Bertz CT molecular complexity index is 119. The summed E-state index contributed by atoms with van der Waals surface area (Å²) in [5.74, 6) is 1.21. The molecule has 2 heterocycles. The van der Waals surface area contributed by atoms with Gasteiger partial charge in [-0.1, -0.05) is 13.8 Å². The number of hydrogen-bond donors (Lipinski definition) is 0. The first-order valence-electron chi connectivity index (χ1n) is 4.02. The van der Waals surface area contributed by atoms with Gasteiger partial charge in [-0.3, -0.25) is 0 Å². The fourth-order valence-electron chi connectivity index (χ4n) is 1.88. The van der Waals surface area contributed by atoms with Crippen molar-refractivity contribution in [2.75, 3.05) is 13.2 Å². The van der Waals surface area contributed by atoms with Crippen LogP contribution in [0.15, 0.2) is 0 Å². The maximum atomic E-state index is 5.58. The van der Waals surface area contributed by atoms with Crippen molar-refractivity contribution in [1.82, 2.24) is 0 Å². The van der Waals surface area contributed by atoms with Crippen LogP contribution in [0.1, 0.15) is 13.8 Å². The highest BCUT2D eigenvalue weighted by Crippen LogP contribution is 2.33. The molecule has 2 aliphatic rings. The van der Waals surface area contributed by atoms with E-state index in [2.05, 4.69) is 13.8 Å². The Morgan fingerprint density at radius 1 is 0.900 bits per heavy atom. The smallest absolute Gasteiger partial charge is 0.0887 e. The fraction of sp³-hybridized carbons (Fsp3) is 1.00. The second-order valence-electron chi connectivity index (χ2n) is 3.55. The maximum Gasteiger partial charge on any atom is 0.0887 e. The molecule has 0 N–H and O–H groups in total. The number of rotatable bonds is 0. The summed E-state index contributed by atoms with van der Waals surface area (Å²) in [6, 6.07) is 0. The van der Waals surface area contributed by atoms with Gasteiger partial charge >= 0.3 is 0 Å². The minimum atomic E-state index is 0.398. The lowest BCUT2D eigenvalue weighted by molar-refractivity contribution is 0.0627. The first-order chi connectivity index (χ1) is 4.79. The average Bonchev–Trinajstić information content (AvgIpc) is 2.41. The van der Waals surface area contributed by atoms with Crippen LogP contribution < -0.4 is 0 Å². The van der Waals surface area contributed by atoms with Gasteiger partial charge in [0.2, 0.25) is 0 Å². The van der Waals surface area contributed by atoms with Crippen LogP contribution in [-0.4, -0.2) is 25.4 Å². The van der Waals surface area contributed by atoms with Crippen LogP contribution in [0, 0.1) is 11.8 Å². The van der Waals surface area contributed by atoms with E-state index in [9.17, 15) is 0 Å². The quantitative estimate of drug-likeness (QED) is 0.503. The lowest BCUT2D eigenvalue weighted by Gasteiger charge is -2.10. The molecule has 0 radical (unpaired) electrons. The average molecular weight is 142 g/mol. The van der Waals surface area contributed by atoms with Crippen LogP contribution in [0.5, 0.6) is 0 Å². The van der Waals surface area contributed by atoms with Gasteiger partial charge in [0, 0.05) is 11.8 Å². The topological polar surface area (TPSA) is 18.5 Å². The molecular formula is C8H14O2. The van der Waals surface area contributed by atoms with E-state index in [0.717, 1.165) is 13.2 Å². The summed E-state index contributed by atoms with van der Waals surface area (Å²) < 4.78 is 11.2. The van der Waals surface area contributed by atoms with Gasteiger partial charge in [-0.05, 0) is 0 Å². The summed E-state index contributed by atoms with van der Waals surface area (Å²) >= 11 is 0. The molecule has 58 valence electrons. The van der Waals surface area contributed by atoms with E-state index in [1.165, 1.54) is 0 Å². The van der Waals surface area contributed by atoms with Crippen molar-refractivity contribution in [3.05, 3.63) is 0 Å². The summed E-state index contributed by atoms with van der Waals surface area (Å²) in [5.41, 5.74) is 0. The van der Waals surface area contributed by atoms with Crippen LogP contribution in [0.3, 0.4) is 0 Å². The van der Waals surface area contributed by atoms with E-state index in [-0.39, 0.29) is 0 Å². The number of ether oxygens (including phenoxy) is 2. The zero-order valence-electron chi connectivity index (χ0n) is 6.54. The van der Waals surface area contributed by atoms with Crippen molar-refractivity contribution in [3.8, 4) is 0 Å². The van der Waals surface area contributed by atoms with Crippen LogP contribution >= 0.6 is 0 Å². The second kappa shape index (κ2) is 2.21. The Morgan fingerprint density at radius 2 is 1.30 bits per heavy atom. The lowest BCUT2D eigenvalue weighted by Crippen LogP contribution is -2.23. The van der Waals surface area contributed by atoms with Crippen molar-refractivity contribution in [3.63, 3.8) is 0 Å². The molecule has 1 unspecified atom stereocenters. The molecule has 2 fully saturated rings. The third-order valence-corrected chi connectivity index (χ3v) is 2.55. The molecule has 0 amide bonds. The summed E-state index contributed by atoms with van der Waals surface area (Å²) in [6.45, 7) is 6.17. The third kappa shape index (κ3) is 0.789. The van der Waals surface area contributed by atoms with Gasteiger partial charge < -0.3 is 9.47 Å². The Balaban J connectivity index is 2.09. The van der Waals surface area contributed by atoms with Crippen molar-refractivity contribution < 1.29 is 9.47 Å². The van der Waals surface area contributed by atoms with Crippen molar-refractivity contribution in [1.29, 1.82) is 0 Å². The van der Waals surface area contributed by atoms with Crippen LogP contribution in [0.2, 0.25) is 0 Å². The highest BCUT2D eigenvalue weighted by molar-refractivity contribution is 4.90. The van der Waals surface area contributed by atoms with Gasteiger partial charge in [0.05, 0.1) is 25.4 Å². The summed E-state index contributed by atoms with van der Waals surface area (Å²) in [5, 5.41) is 0. The minimum Gasteiger partial charge on any atom is -0.375 e. The number of hydrogen-bond acceptors (Lipinski definition) is 2. The Labute approximate surface area is 61.5 Å². The van der Waals surface area contributed by atoms with Gasteiger partial charge in [0.15, 0.2) is 0 Å². The molecule has 2 nitrogen and oxygen atoms in total. The van der Waals surface area contributed by atoms with E-state index in [0.29, 0.717) is 24.0 Å². The van der Waals surface area contributed by atoms with Crippen LogP contribution in [-0.2, 0) is 9.47 Å². The van der Waals surface area contributed by atoms with E-state index in [1.807, 2.05) is 0 Å². The molecule has 0 aromatic rings. The standard InChI is InChI=1S/C8H14O2/c1-5-3-9-8-6(2)4-10-7(5)8/h5-8H,3-4H2,1-2H3/t5-,6+,7-,8?/m0/s1. The molecule has 0 aromatic carbocycles. The molecule has 0 aliphatic carbocycles. The van der Waals surface area contributed by atoms with Gasteiger partial charge in [-0.25, -0.2) is 0 Å². The van der Waals surface area contributed by atoms with E-state index < -0.39 is 0 Å². The summed E-state index contributed by atoms with van der Waals surface area (Å²) in [7, 11) is 0. The molecule has 2 rings (SSSR count). The maximum absolute atomic E-state index is 5.58. The van der Waals surface area contributed by atoms with E-state index in [1.54, 1.807) is 0 Å². The molecule has 2 heteroatoms. The third-order valence-electron chi connectivity index (χ3n) is 2.55.